The van der Waals surface area contributed by atoms with Crippen LogP contribution < -0.4 is 5.32 Å². The molecule has 19 heavy (non-hydrogen) atoms. The van der Waals surface area contributed by atoms with E-state index in [0.717, 1.165) is 31.6 Å². The van der Waals surface area contributed by atoms with Gasteiger partial charge in [0, 0.05) is 12.6 Å². The number of carbonyl (C=O) groups excluding carboxylic acids is 2. The van der Waals surface area contributed by atoms with Crippen LogP contribution in [0.3, 0.4) is 0 Å². The number of ether oxygens (including phenoxy) is 1. The normalized spacial score (nSPS) is 20.8. The number of nitrogens with one attached hydrogen (secondary N) is 1. The average Bonchev–Trinajstić information content (AvgIpc) is 2.42. The molecule has 0 bridgehead atoms. The molecule has 1 aliphatic heterocycles. The van der Waals surface area contributed by atoms with Gasteiger partial charge in [-0.3, -0.25) is 0 Å². The summed E-state index contributed by atoms with van der Waals surface area (Å²) in [6, 6.07) is -0.449. The van der Waals surface area contributed by atoms with Gasteiger partial charge in [0.15, 0.2) is 0 Å². The number of hydrogen-bond acceptors (Lipinski definition) is 4. The van der Waals surface area contributed by atoms with Crippen LogP contribution in [0, 0.1) is 0 Å². The Morgan fingerprint density at radius 2 is 2.21 bits per heavy atom. The fourth-order valence-corrected chi connectivity index (χ4v) is 2.73. The number of hydrogen-bond donors (Lipinski definition) is 1. The molecule has 6 heteroatoms. The molecule has 2 unspecified atom stereocenters. The molecule has 2 amide bonds. The summed E-state index contributed by atoms with van der Waals surface area (Å²) in [5.74, 6) is 0.447. The highest BCUT2D eigenvalue weighted by atomic mass is 32.2. The number of likely N-dealkylation sites (tertiary alicyclic amines) is 1. The number of esters is 1. The average molecular weight is 288 g/mol. The molecule has 1 heterocycles. The van der Waals surface area contributed by atoms with Crippen LogP contribution in [0.4, 0.5) is 4.79 Å². The van der Waals surface area contributed by atoms with E-state index in [9.17, 15) is 9.59 Å². The molecule has 5 nitrogen and oxygen atoms in total. The number of piperidine rings is 1. The van der Waals surface area contributed by atoms with Crippen molar-refractivity contribution in [1.29, 1.82) is 0 Å². The third-order valence-electron chi connectivity index (χ3n) is 3.46. The first kappa shape index (κ1) is 16.1. The highest BCUT2D eigenvalue weighted by Crippen LogP contribution is 2.16. The Balaban J connectivity index is 2.56. The summed E-state index contributed by atoms with van der Waals surface area (Å²) in [5.41, 5.74) is 0. The summed E-state index contributed by atoms with van der Waals surface area (Å²) in [6.07, 6.45) is 5.80. The number of rotatable bonds is 5. The van der Waals surface area contributed by atoms with E-state index in [2.05, 4.69) is 5.32 Å². The summed E-state index contributed by atoms with van der Waals surface area (Å²) in [6.45, 7) is 2.82. The van der Waals surface area contributed by atoms with E-state index in [1.807, 2.05) is 18.1 Å². The zero-order valence-corrected chi connectivity index (χ0v) is 12.8. The van der Waals surface area contributed by atoms with Gasteiger partial charge < -0.3 is 15.0 Å². The monoisotopic (exact) mass is 288 g/mol. The molecular formula is C13H24N2O3S. The summed E-state index contributed by atoms with van der Waals surface area (Å²) in [5, 5.41) is 2.80. The Hall–Kier alpha value is -0.910. The Labute approximate surface area is 119 Å². The lowest BCUT2D eigenvalue weighted by molar-refractivity contribution is -0.142. The second-order valence-corrected chi connectivity index (χ2v) is 5.83. The third-order valence-corrected chi connectivity index (χ3v) is 4.10. The molecule has 0 aromatic rings. The number of nitrogens with zero attached hydrogens (tertiary/aromatic N) is 1. The summed E-state index contributed by atoms with van der Waals surface area (Å²) < 4.78 is 4.74. The lowest BCUT2D eigenvalue weighted by Crippen LogP contribution is -2.52. The minimum absolute atomic E-state index is 0.149. The van der Waals surface area contributed by atoms with Crippen molar-refractivity contribution in [2.45, 2.75) is 44.7 Å². The number of methoxy groups -OCH3 is 1. The van der Waals surface area contributed by atoms with Gasteiger partial charge >= 0.3 is 12.0 Å². The molecule has 1 N–H and O–H groups in total. The largest absolute Gasteiger partial charge is 0.467 e. The molecule has 0 aliphatic carbocycles. The van der Waals surface area contributed by atoms with Crippen molar-refractivity contribution in [1.82, 2.24) is 10.2 Å². The molecule has 1 rings (SSSR count). The van der Waals surface area contributed by atoms with Gasteiger partial charge in [-0.1, -0.05) is 0 Å². The summed E-state index contributed by atoms with van der Waals surface area (Å²) in [7, 11) is 1.35. The minimum Gasteiger partial charge on any atom is -0.467 e. The third kappa shape index (κ3) is 4.93. The quantitative estimate of drug-likeness (QED) is 0.785. The molecule has 1 saturated heterocycles. The van der Waals surface area contributed by atoms with Gasteiger partial charge in [-0.15, -0.1) is 0 Å². The molecule has 0 spiro atoms. The lowest BCUT2D eigenvalue weighted by atomic mass is 10.0. The first-order valence-electron chi connectivity index (χ1n) is 6.74. The summed E-state index contributed by atoms with van der Waals surface area (Å²) in [4.78, 5) is 25.7. The van der Waals surface area contributed by atoms with Crippen molar-refractivity contribution in [3.8, 4) is 0 Å². The van der Waals surface area contributed by atoms with Crippen molar-refractivity contribution < 1.29 is 14.3 Å². The van der Waals surface area contributed by atoms with Crippen molar-refractivity contribution in [3.63, 3.8) is 0 Å². The highest BCUT2D eigenvalue weighted by molar-refractivity contribution is 7.98. The van der Waals surface area contributed by atoms with Gasteiger partial charge in [0.25, 0.3) is 0 Å². The maximum Gasteiger partial charge on any atom is 0.328 e. The van der Waals surface area contributed by atoms with E-state index in [-0.39, 0.29) is 18.0 Å². The van der Waals surface area contributed by atoms with Crippen LogP contribution in [0.1, 0.15) is 32.6 Å². The standard InChI is InChI=1S/C13H24N2O3S/c1-10-6-4-5-8-15(10)13(17)14-11(7-9-19-3)12(16)18-2/h10-11H,4-9H2,1-3H3,(H,14,17). The zero-order chi connectivity index (χ0) is 14.3. The van der Waals surface area contributed by atoms with Crippen LogP contribution in [0.25, 0.3) is 0 Å². The summed E-state index contributed by atoms with van der Waals surface area (Å²) >= 11 is 1.65. The van der Waals surface area contributed by atoms with Crippen molar-refractivity contribution >= 4 is 23.8 Å². The Morgan fingerprint density at radius 3 is 2.79 bits per heavy atom. The predicted molar refractivity (Wildman–Crippen MR) is 77.4 cm³/mol. The molecular weight excluding hydrogens is 264 g/mol. The van der Waals surface area contributed by atoms with Gasteiger partial charge in [0.05, 0.1) is 7.11 Å². The first-order valence-corrected chi connectivity index (χ1v) is 8.13. The smallest absolute Gasteiger partial charge is 0.328 e. The van der Waals surface area contributed by atoms with Crippen LogP contribution in [0.2, 0.25) is 0 Å². The highest BCUT2D eigenvalue weighted by Gasteiger charge is 2.27. The first-order chi connectivity index (χ1) is 9.10. The van der Waals surface area contributed by atoms with Gasteiger partial charge in [0.2, 0.25) is 0 Å². The number of thioether (sulfide) groups is 1. The molecule has 110 valence electrons. The SMILES string of the molecule is COC(=O)C(CCSC)NC(=O)N1CCCCC1C. The van der Waals surface area contributed by atoms with Crippen LogP contribution >= 0.6 is 11.8 Å². The second kappa shape index (κ2) is 8.30. The minimum atomic E-state index is -0.543. The Morgan fingerprint density at radius 1 is 1.47 bits per heavy atom. The van der Waals surface area contributed by atoms with E-state index in [1.165, 1.54) is 7.11 Å². The topological polar surface area (TPSA) is 58.6 Å². The lowest BCUT2D eigenvalue weighted by Gasteiger charge is -2.34. The van der Waals surface area contributed by atoms with Crippen molar-refractivity contribution in [2.24, 2.45) is 0 Å². The molecule has 1 fully saturated rings. The van der Waals surface area contributed by atoms with Crippen molar-refractivity contribution in [3.05, 3.63) is 0 Å². The second-order valence-electron chi connectivity index (χ2n) is 4.84. The van der Waals surface area contributed by atoms with Gasteiger partial charge in [-0.25, -0.2) is 9.59 Å². The fraction of sp³-hybridized carbons (Fsp3) is 0.846. The van der Waals surface area contributed by atoms with E-state index in [1.54, 1.807) is 11.8 Å². The Kier molecular flexibility index (Phi) is 7.05. The van der Waals surface area contributed by atoms with E-state index < -0.39 is 6.04 Å². The number of urea groups is 1. The molecule has 0 aromatic carbocycles. The molecule has 0 radical (unpaired) electrons. The van der Waals surface area contributed by atoms with Gasteiger partial charge in [-0.05, 0) is 44.6 Å². The van der Waals surface area contributed by atoms with Crippen LogP contribution in [0.5, 0.6) is 0 Å². The van der Waals surface area contributed by atoms with Crippen LogP contribution in [-0.2, 0) is 9.53 Å². The zero-order valence-electron chi connectivity index (χ0n) is 12.0. The molecule has 0 aromatic heterocycles. The fourth-order valence-electron chi connectivity index (χ4n) is 2.26. The maximum absolute atomic E-state index is 12.2. The van der Waals surface area contributed by atoms with Crippen LogP contribution in [-0.4, -0.2) is 54.6 Å². The van der Waals surface area contributed by atoms with Crippen molar-refractivity contribution in [2.75, 3.05) is 25.7 Å². The van der Waals surface area contributed by atoms with E-state index >= 15 is 0 Å². The maximum atomic E-state index is 12.2. The van der Waals surface area contributed by atoms with Gasteiger partial charge in [-0.2, -0.15) is 11.8 Å². The number of carbonyl (C=O) groups is 2. The Bertz CT molecular complexity index is 312. The predicted octanol–water partition coefficient (Wildman–Crippen LogP) is 1.87. The molecule has 1 aliphatic rings. The number of amides is 2. The molecule has 0 saturated carbocycles. The van der Waals surface area contributed by atoms with Crippen LogP contribution in [0.15, 0.2) is 0 Å². The molecule has 2 atom stereocenters. The van der Waals surface area contributed by atoms with Gasteiger partial charge in [0.1, 0.15) is 6.04 Å². The van der Waals surface area contributed by atoms with E-state index in [0.29, 0.717) is 6.42 Å². The van der Waals surface area contributed by atoms with E-state index in [4.69, 9.17) is 4.74 Å².